The van der Waals surface area contributed by atoms with Gasteiger partial charge in [-0.1, -0.05) is 0 Å². The van der Waals surface area contributed by atoms with Crippen LogP contribution in [0, 0.1) is 5.92 Å². The van der Waals surface area contributed by atoms with E-state index in [2.05, 4.69) is 10.6 Å². The van der Waals surface area contributed by atoms with Crippen LogP contribution in [0.3, 0.4) is 0 Å². The highest BCUT2D eigenvalue weighted by Crippen LogP contribution is 2.19. The minimum Gasteiger partial charge on any atom is -0.481 e. The van der Waals surface area contributed by atoms with Crippen molar-refractivity contribution in [1.82, 2.24) is 15.5 Å². The van der Waals surface area contributed by atoms with E-state index < -0.39 is 5.97 Å². The molecule has 3 N–H and O–H groups in total. The smallest absolute Gasteiger partial charge is 0.303 e. The first-order valence-corrected chi connectivity index (χ1v) is 5.57. The lowest BCUT2D eigenvalue weighted by Gasteiger charge is -2.41. The standard InChI is InChI=1S/C10H15N3O4/c14-8-3-11-7(2-12-8)10(17)13-4-6(5-13)1-9(15)16/h6-7,11H,1-5H2,(H,12,14)(H,15,16). The lowest BCUT2D eigenvalue weighted by molar-refractivity contribution is -0.146. The van der Waals surface area contributed by atoms with Crippen molar-refractivity contribution in [1.29, 1.82) is 0 Å². The number of hydrogen-bond donors (Lipinski definition) is 3. The van der Waals surface area contributed by atoms with E-state index in [0.29, 0.717) is 19.6 Å². The van der Waals surface area contributed by atoms with Gasteiger partial charge in [-0.15, -0.1) is 0 Å². The fraction of sp³-hybridized carbons (Fsp3) is 0.700. The number of nitrogens with one attached hydrogen (secondary N) is 2. The predicted molar refractivity (Wildman–Crippen MR) is 57.1 cm³/mol. The van der Waals surface area contributed by atoms with E-state index in [9.17, 15) is 14.4 Å². The molecule has 7 heteroatoms. The molecule has 0 saturated carbocycles. The Morgan fingerprint density at radius 1 is 1.41 bits per heavy atom. The first kappa shape index (κ1) is 11.8. The average molecular weight is 241 g/mol. The molecule has 2 heterocycles. The largest absolute Gasteiger partial charge is 0.481 e. The minimum atomic E-state index is -0.829. The van der Waals surface area contributed by atoms with Gasteiger partial charge in [-0.3, -0.25) is 19.7 Å². The fourth-order valence-electron chi connectivity index (χ4n) is 2.09. The van der Waals surface area contributed by atoms with E-state index in [-0.39, 0.29) is 36.7 Å². The zero-order chi connectivity index (χ0) is 12.4. The number of nitrogens with zero attached hydrogens (tertiary/aromatic N) is 1. The number of carbonyl (C=O) groups excluding carboxylic acids is 2. The first-order chi connectivity index (χ1) is 8.06. The van der Waals surface area contributed by atoms with Crippen molar-refractivity contribution in [2.75, 3.05) is 26.2 Å². The second-order valence-electron chi connectivity index (χ2n) is 4.44. The summed E-state index contributed by atoms with van der Waals surface area (Å²) >= 11 is 0. The van der Waals surface area contributed by atoms with Gasteiger partial charge >= 0.3 is 5.97 Å². The Labute approximate surface area is 98.2 Å². The van der Waals surface area contributed by atoms with Gasteiger partial charge in [0.15, 0.2) is 0 Å². The second kappa shape index (κ2) is 4.70. The molecule has 0 radical (unpaired) electrons. The normalized spacial score (nSPS) is 25.1. The van der Waals surface area contributed by atoms with Crippen LogP contribution in [-0.4, -0.2) is 60.0 Å². The van der Waals surface area contributed by atoms with Gasteiger partial charge in [0.1, 0.15) is 6.04 Å². The van der Waals surface area contributed by atoms with Crippen molar-refractivity contribution >= 4 is 17.8 Å². The van der Waals surface area contributed by atoms with Crippen LogP contribution in [0.4, 0.5) is 0 Å². The molecule has 0 aromatic rings. The van der Waals surface area contributed by atoms with Crippen LogP contribution in [0.1, 0.15) is 6.42 Å². The average Bonchev–Trinajstić information content (AvgIpc) is 2.23. The predicted octanol–water partition coefficient (Wildman–Crippen LogP) is -1.99. The van der Waals surface area contributed by atoms with Gasteiger partial charge in [0.05, 0.1) is 13.0 Å². The van der Waals surface area contributed by atoms with Gasteiger partial charge in [-0.25, -0.2) is 0 Å². The maximum Gasteiger partial charge on any atom is 0.303 e. The summed E-state index contributed by atoms with van der Waals surface area (Å²) in [5.41, 5.74) is 0. The van der Waals surface area contributed by atoms with E-state index in [1.807, 2.05) is 0 Å². The number of aliphatic carboxylic acids is 1. The highest BCUT2D eigenvalue weighted by Gasteiger charge is 2.36. The Morgan fingerprint density at radius 3 is 2.65 bits per heavy atom. The molecule has 0 aromatic carbocycles. The van der Waals surface area contributed by atoms with E-state index in [1.54, 1.807) is 4.90 Å². The Hall–Kier alpha value is -1.63. The van der Waals surface area contributed by atoms with Crippen molar-refractivity contribution in [3.63, 3.8) is 0 Å². The second-order valence-corrected chi connectivity index (χ2v) is 4.44. The molecule has 0 spiro atoms. The number of likely N-dealkylation sites (tertiary alicyclic amines) is 1. The van der Waals surface area contributed by atoms with Crippen LogP contribution < -0.4 is 10.6 Å². The summed E-state index contributed by atoms with van der Waals surface area (Å²) in [5.74, 6) is -0.937. The Morgan fingerprint density at radius 2 is 2.12 bits per heavy atom. The van der Waals surface area contributed by atoms with Crippen LogP contribution in [0.15, 0.2) is 0 Å². The van der Waals surface area contributed by atoms with Crippen LogP contribution in [0.2, 0.25) is 0 Å². The maximum absolute atomic E-state index is 11.9. The van der Waals surface area contributed by atoms with Gasteiger partial charge < -0.3 is 15.3 Å². The van der Waals surface area contributed by atoms with Crippen molar-refractivity contribution in [2.45, 2.75) is 12.5 Å². The first-order valence-electron chi connectivity index (χ1n) is 5.57. The van der Waals surface area contributed by atoms with Crippen LogP contribution in [0.25, 0.3) is 0 Å². The molecule has 94 valence electrons. The molecular formula is C10H15N3O4. The van der Waals surface area contributed by atoms with Gasteiger partial charge in [0, 0.05) is 25.6 Å². The van der Waals surface area contributed by atoms with Gasteiger partial charge in [0.25, 0.3) is 0 Å². The third-order valence-corrected chi connectivity index (χ3v) is 3.04. The SMILES string of the molecule is O=C(O)CC1CN(C(=O)C2CNC(=O)CN2)C1. The van der Waals surface area contributed by atoms with E-state index in [1.165, 1.54) is 0 Å². The Balaban J connectivity index is 1.75. The lowest BCUT2D eigenvalue weighted by atomic mass is 9.95. The molecule has 2 saturated heterocycles. The number of piperazine rings is 1. The number of rotatable bonds is 3. The van der Waals surface area contributed by atoms with Crippen LogP contribution >= 0.6 is 0 Å². The van der Waals surface area contributed by atoms with Crippen molar-refractivity contribution in [2.24, 2.45) is 5.92 Å². The highest BCUT2D eigenvalue weighted by atomic mass is 16.4. The number of amides is 2. The number of carboxylic acids is 1. The lowest BCUT2D eigenvalue weighted by Crippen LogP contribution is -2.62. The summed E-state index contributed by atoms with van der Waals surface area (Å²) in [4.78, 5) is 34.9. The van der Waals surface area contributed by atoms with Crippen molar-refractivity contribution in [3.8, 4) is 0 Å². The molecule has 0 aromatic heterocycles. The highest BCUT2D eigenvalue weighted by molar-refractivity contribution is 5.87. The summed E-state index contributed by atoms with van der Waals surface area (Å²) in [5, 5.41) is 14.1. The fourth-order valence-corrected chi connectivity index (χ4v) is 2.09. The van der Waals surface area contributed by atoms with Gasteiger partial charge in [-0.05, 0) is 0 Å². The molecule has 2 rings (SSSR count). The molecular weight excluding hydrogens is 226 g/mol. The molecule has 7 nitrogen and oxygen atoms in total. The number of carbonyl (C=O) groups is 3. The summed E-state index contributed by atoms with van der Waals surface area (Å²) in [6, 6.07) is -0.376. The van der Waals surface area contributed by atoms with Crippen LogP contribution in [-0.2, 0) is 14.4 Å². The monoisotopic (exact) mass is 241 g/mol. The molecule has 17 heavy (non-hydrogen) atoms. The molecule has 1 atom stereocenters. The summed E-state index contributed by atoms with van der Waals surface area (Å²) in [6.45, 7) is 1.45. The van der Waals surface area contributed by atoms with Crippen molar-refractivity contribution in [3.05, 3.63) is 0 Å². The topological polar surface area (TPSA) is 98.7 Å². The molecule has 2 fully saturated rings. The molecule has 1 unspecified atom stereocenters. The molecule has 2 amide bonds. The molecule has 0 bridgehead atoms. The van der Waals surface area contributed by atoms with Crippen molar-refractivity contribution < 1.29 is 19.5 Å². The van der Waals surface area contributed by atoms with Gasteiger partial charge in [0.2, 0.25) is 11.8 Å². The Bertz CT molecular complexity index is 341. The number of hydrogen-bond acceptors (Lipinski definition) is 4. The zero-order valence-electron chi connectivity index (χ0n) is 9.31. The zero-order valence-corrected chi connectivity index (χ0v) is 9.31. The summed E-state index contributed by atoms with van der Waals surface area (Å²) < 4.78 is 0. The minimum absolute atomic E-state index is 0.0633. The van der Waals surface area contributed by atoms with E-state index in [0.717, 1.165) is 0 Å². The van der Waals surface area contributed by atoms with Crippen LogP contribution in [0.5, 0.6) is 0 Å². The molecule has 2 aliphatic rings. The molecule has 2 aliphatic heterocycles. The van der Waals surface area contributed by atoms with E-state index >= 15 is 0 Å². The number of carboxylic acid groups (broad SMARTS) is 1. The van der Waals surface area contributed by atoms with Gasteiger partial charge in [-0.2, -0.15) is 0 Å². The summed E-state index contributed by atoms with van der Waals surface area (Å²) in [6.07, 6.45) is 0.110. The van der Waals surface area contributed by atoms with E-state index in [4.69, 9.17) is 5.11 Å². The molecule has 0 aliphatic carbocycles. The third kappa shape index (κ3) is 2.73. The summed E-state index contributed by atoms with van der Waals surface area (Å²) in [7, 11) is 0. The quantitative estimate of drug-likeness (QED) is 0.531. The third-order valence-electron chi connectivity index (χ3n) is 3.04. The Kier molecular flexibility index (Phi) is 3.28. The maximum atomic E-state index is 11.9.